The Kier molecular flexibility index (Phi) is 5.77. The summed E-state index contributed by atoms with van der Waals surface area (Å²) in [6, 6.07) is 19.0. The first-order chi connectivity index (χ1) is 12.7. The third-order valence-electron chi connectivity index (χ3n) is 3.65. The minimum atomic E-state index is -0.325. The maximum absolute atomic E-state index is 11.7. The van der Waals surface area contributed by atoms with Crippen molar-refractivity contribution in [2.24, 2.45) is 0 Å². The van der Waals surface area contributed by atoms with Crippen molar-refractivity contribution >= 4 is 23.3 Å². The van der Waals surface area contributed by atoms with Crippen LogP contribution in [0.5, 0.6) is 0 Å². The van der Waals surface area contributed by atoms with Gasteiger partial charge in [-0.3, -0.25) is 0 Å². The molecule has 3 aromatic rings. The van der Waals surface area contributed by atoms with E-state index >= 15 is 0 Å². The Morgan fingerprint density at radius 2 is 1.73 bits per heavy atom. The summed E-state index contributed by atoms with van der Waals surface area (Å²) < 4.78 is 4.98. The van der Waals surface area contributed by atoms with Gasteiger partial charge in [-0.05, 0) is 36.8 Å². The van der Waals surface area contributed by atoms with E-state index in [-0.39, 0.29) is 5.97 Å². The first-order valence-electron chi connectivity index (χ1n) is 8.38. The zero-order chi connectivity index (χ0) is 18.2. The van der Waals surface area contributed by atoms with Gasteiger partial charge in [0.1, 0.15) is 18.0 Å². The van der Waals surface area contributed by atoms with Gasteiger partial charge in [-0.2, -0.15) is 0 Å². The predicted molar refractivity (Wildman–Crippen MR) is 101 cm³/mol. The van der Waals surface area contributed by atoms with Crippen LogP contribution in [-0.2, 0) is 11.3 Å². The van der Waals surface area contributed by atoms with E-state index < -0.39 is 0 Å². The summed E-state index contributed by atoms with van der Waals surface area (Å²) in [5.74, 6) is 1.07. The number of esters is 1. The first kappa shape index (κ1) is 17.4. The van der Waals surface area contributed by atoms with Crippen LogP contribution in [0.25, 0.3) is 0 Å². The number of carbonyl (C=O) groups excluding carboxylic acids is 1. The Labute approximate surface area is 152 Å². The lowest BCUT2D eigenvalue weighted by Gasteiger charge is -2.09. The average Bonchev–Trinajstić information content (AvgIpc) is 2.68. The van der Waals surface area contributed by atoms with Crippen molar-refractivity contribution in [1.29, 1.82) is 0 Å². The zero-order valence-corrected chi connectivity index (χ0v) is 14.5. The minimum Gasteiger partial charge on any atom is -0.462 e. The van der Waals surface area contributed by atoms with Crippen LogP contribution >= 0.6 is 0 Å². The number of carbonyl (C=O) groups is 1. The van der Waals surface area contributed by atoms with Gasteiger partial charge in [-0.1, -0.05) is 30.3 Å². The second-order valence-electron chi connectivity index (χ2n) is 5.55. The highest BCUT2D eigenvalue weighted by atomic mass is 16.5. The molecule has 0 aliphatic carbocycles. The molecule has 6 nitrogen and oxygen atoms in total. The number of hydrogen-bond donors (Lipinski definition) is 2. The van der Waals surface area contributed by atoms with E-state index in [4.69, 9.17) is 4.74 Å². The summed E-state index contributed by atoms with van der Waals surface area (Å²) >= 11 is 0. The van der Waals surface area contributed by atoms with Crippen molar-refractivity contribution in [3.8, 4) is 0 Å². The fraction of sp³-hybridized carbons (Fsp3) is 0.150. The fourth-order valence-corrected chi connectivity index (χ4v) is 2.36. The van der Waals surface area contributed by atoms with Crippen molar-refractivity contribution in [2.45, 2.75) is 13.5 Å². The monoisotopic (exact) mass is 348 g/mol. The van der Waals surface area contributed by atoms with Crippen molar-refractivity contribution in [3.05, 3.63) is 78.1 Å². The first-order valence-corrected chi connectivity index (χ1v) is 8.38. The van der Waals surface area contributed by atoms with Crippen LogP contribution in [0.3, 0.4) is 0 Å². The quantitative estimate of drug-likeness (QED) is 0.628. The van der Waals surface area contributed by atoms with Gasteiger partial charge < -0.3 is 15.4 Å². The number of nitrogens with zero attached hydrogens (tertiary/aromatic N) is 2. The number of rotatable bonds is 7. The maximum atomic E-state index is 11.7. The Balaban J connectivity index is 1.62. The lowest BCUT2D eigenvalue weighted by Crippen LogP contribution is -2.05. The molecule has 0 aliphatic rings. The Morgan fingerprint density at radius 1 is 1.00 bits per heavy atom. The van der Waals surface area contributed by atoms with Crippen LogP contribution in [0.15, 0.2) is 67.0 Å². The van der Waals surface area contributed by atoms with Crippen LogP contribution in [0.4, 0.5) is 17.3 Å². The van der Waals surface area contributed by atoms with Crippen molar-refractivity contribution in [3.63, 3.8) is 0 Å². The molecule has 1 heterocycles. The standard InChI is InChI=1S/C20H20N4O2/c1-2-26-20(25)16-8-10-17(11-9-16)24-19-12-18(22-14-23-19)21-13-15-6-4-3-5-7-15/h3-12,14H,2,13H2,1H3,(H2,21,22,23,24). The molecule has 1 aromatic heterocycles. The largest absolute Gasteiger partial charge is 0.462 e. The molecule has 0 atom stereocenters. The van der Waals surface area contributed by atoms with Gasteiger partial charge in [0.15, 0.2) is 0 Å². The lowest BCUT2D eigenvalue weighted by molar-refractivity contribution is 0.0526. The van der Waals surface area contributed by atoms with Gasteiger partial charge in [-0.15, -0.1) is 0 Å². The summed E-state index contributed by atoms with van der Waals surface area (Å²) in [5.41, 5.74) is 2.52. The second kappa shape index (κ2) is 8.62. The van der Waals surface area contributed by atoms with E-state index in [1.807, 2.05) is 36.4 Å². The highest BCUT2D eigenvalue weighted by Crippen LogP contribution is 2.17. The number of ether oxygens (including phenoxy) is 1. The molecule has 0 saturated heterocycles. The number of benzene rings is 2. The van der Waals surface area contributed by atoms with Gasteiger partial charge in [0, 0.05) is 18.3 Å². The number of hydrogen-bond acceptors (Lipinski definition) is 6. The van der Waals surface area contributed by atoms with E-state index in [9.17, 15) is 4.79 Å². The maximum Gasteiger partial charge on any atom is 0.338 e. The van der Waals surface area contributed by atoms with E-state index in [0.29, 0.717) is 24.5 Å². The van der Waals surface area contributed by atoms with E-state index in [0.717, 1.165) is 11.5 Å². The summed E-state index contributed by atoms with van der Waals surface area (Å²) in [6.45, 7) is 2.83. The molecule has 132 valence electrons. The van der Waals surface area contributed by atoms with E-state index in [2.05, 4.69) is 32.7 Å². The summed E-state index contributed by atoms with van der Waals surface area (Å²) in [5, 5.41) is 6.47. The molecular weight excluding hydrogens is 328 g/mol. The van der Waals surface area contributed by atoms with E-state index in [1.54, 1.807) is 19.1 Å². The van der Waals surface area contributed by atoms with Crippen molar-refractivity contribution < 1.29 is 9.53 Å². The Hall–Kier alpha value is -3.41. The number of anilines is 3. The smallest absolute Gasteiger partial charge is 0.338 e. The molecule has 0 saturated carbocycles. The molecule has 3 rings (SSSR count). The molecule has 2 N–H and O–H groups in total. The summed E-state index contributed by atoms with van der Waals surface area (Å²) in [7, 11) is 0. The topological polar surface area (TPSA) is 76.1 Å². The summed E-state index contributed by atoms with van der Waals surface area (Å²) in [4.78, 5) is 20.1. The van der Waals surface area contributed by atoms with Gasteiger partial charge in [-0.25, -0.2) is 14.8 Å². The molecule has 0 bridgehead atoms. The van der Waals surface area contributed by atoms with Gasteiger partial charge >= 0.3 is 5.97 Å². The van der Waals surface area contributed by atoms with Crippen molar-refractivity contribution in [1.82, 2.24) is 9.97 Å². The third-order valence-corrected chi connectivity index (χ3v) is 3.65. The molecule has 0 amide bonds. The van der Waals surface area contributed by atoms with Crippen LogP contribution < -0.4 is 10.6 Å². The van der Waals surface area contributed by atoms with Crippen LogP contribution in [0.1, 0.15) is 22.8 Å². The zero-order valence-electron chi connectivity index (χ0n) is 14.5. The molecule has 0 aliphatic heterocycles. The predicted octanol–water partition coefficient (Wildman–Crippen LogP) is 4.01. The summed E-state index contributed by atoms with van der Waals surface area (Å²) in [6.07, 6.45) is 1.50. The molecular formula is C20H20N4O2. The third kappa shape index (κ3) is 4.80. The minimum absolute atomic E-state index is 0.325. The highest BCUT2D eigenvalue weighted by Gasteiger charge is 2.06. The fourth-order valence-electron chi connectivity index (χ4n) is 2.36. The Morgan fingerprint density at radius 3 is 2.46 bits per heavy atom. The highest BCUT2D eigenvalue weighted by molar-refractivity contribution is 5.89. The number of nitrogens with one attached hydrogen (secondary N) is 2. The Bertz CT molecular complexity index is 851. The van der Waals surface area contributed by atoms with Crippen molar-refractivity contribution in [2.75, 3.05) is 17.2 Å². The van der Waals surface area contributed by atoms with Crippen LogP contribution in [-0.4, -0.2) is 22.5 Å². The van der Waals surface area contributed by atoms with E-state index in [1.165, 1.54) is 11.9 Å². The normalized spacial score (nSPS) is 10.2. The van der Waals surface area contributed by atoms with Crippen LogP contribution in [0, 0.1) is 0 Å². The van der Waals surface area contributed by atoms with Gasteiger partial charge in [0.2, 0.25) is 0 Å². The molecule has 0 unspecified atom stereocenters. The average molecular weight is 348 g/mol. The molecule has 0 radical (unpaired) electrons. The molecule has 0 spiro atoms. The lowest BCUT2D eigenvalue weighted by atomic mass is 10.2. The molecule has 0 fully saturated rings. The number of aromatic nitrogens is 2. The molecule has 6 heteroatoms. The van der Waals surface area contributed by atoms with Gasteiger partial charge in [0.25, 0.3) is 0 Å². The van der Waals surface area contributed by atoms with Crippen LogP contribution in [0.2, 0.25) is 0 Å². The van der Waals surface area contributed by atoms with Gasteiger partial charge in [0.05, 0.1) is 12.2 Å². The molecule has 2 aromatic carbocycles. The molecule has 26 heavy (non-hydrogen) atoms. The second-order valence-corrected chi connectivity index (χ2v) is 5.55. The SMILES string of the molecule is CCOC(=O)c1ccc(Nc2cc(NCc3ccccc3)ncn2)cc1.